The molecule has 104 valence electrons. The zero-order chi connectivity index (χ0) is 14.3. The highest BCUT2D eigenvalue weighted by Gasteiger charge is 2.15. The molecule has 0 saturated heterocycles. The van der Waals surface area contributed by atoms with Gasteiger partial charge in [-0.15, -0.1) is 0 Å². The van der Waals surface area contributed by atoms with Crippen molar-refractivity contribution in [2.75, 3.05) is 33.4 Å². The van der Waals surface area contributed by atoms with E-state index in [9.17, 15) is 4.79 Å². The number of nitriles is 1. The van der Waals surface area contributed by atoms with Crippen molar-refractivity contribution in [2.45, 2.75) is 20.3 Å². The Bertz CT molecular complexity index is 460. The van der Waals surface area contributed by atoms with Gasteiger partial charge in [-0.25, -0.2) is 0 Å². The van der Waals surface area contributed by atoms with Gasteiger partial charge >= 0.3 is 0 Å². The molecule has 5 nitrogen and oxygen atoms in total. The fourth-order valence-electron chi connectivity index (χ4n) is 2.00. The number of aromatic amines is 1. The summed E-state index contributed by atoms with van der Waals surface area (Å²) >= 11 is 0. The highest BCUT2D eigenvalue weighted by atomic mass is 16.5. The van der Waals surface area contributed by atoms with Crippen molar-refractivity contribution in [3.63, 3.8) is 0 Å². The third kappa shape index (κ3) is 4.86. The number of carbonyl (C=O) groups is 1. The summed E-state index contributed by atoms with van der Waals surface area (Å²) in [4.78, 5) is 17.3. The van der Waals surface area contributed by atoms with Crippen LogP contribution in [0.25, 0.3) is 0 Å². The van der Waals surface area contributed by atoms with Gasteiger partial charge in [0.2, 0.25) is 0 Å². The molecule has 1 aromatic rings. The van der Waals surface area contributed by atoms with Gasteiger partial charge in [0.05, 0.1) is 19.2 Å². The van der Waals surface area contributed by atoms with Crippen molar-refractivity contribution in [1.82, 2.24) is 9.88 Å². The summed E-state index contributed by atoms with van der Waals surface area (Å²) in [6.07, 6.45) is 0.419. The predicted molar refractivity (Wildman–Crippen MR) is 73.1 cm³/mol. The molecule has 0 unspecified atom stereocenters. The minimum atomic E-state index is 0.0795. The van der Waals surface area contributed by atoms with Crippen molar-refractivity contribution < 1.29 is 9.53 Å². The number of aryl methyl sites for hydroxylation is 2. The molecule has 0 bridgehead atoms. The minimum Gasteiger partial charge on any atom is -0.383 e. The molecule has 0 aliphatic carbocycles. The maximum Gasteiger partial charge on any atom is 0.178 e. The van der Waals surface area contributed by atoms with E-state index >= 15 is 0 Å². The number of rotatable bonds is 8. The normalized spacial score (nSPS) is 10.7. The summed E-state index contributed by atoms with van der Waals surface area (Å²) in [5.74, 6) is 0.0795. The van der Waals surface area contributed by atoms with Gasteiger partial charge in [0.25, 0.3) is 0 Å². The highest BCUT2D eigenvalue weighted by molar-refractivity contribution is 5.98. The van der Waals surface area contributed by atoms with E-state index in [1.165, 1.54) is 0 Å². The second-order valence-electron chi connectivity index (χ2n) is 4.59. The van der Waals surface area contributed by atoms with Crippen LogP contribution in [0.5, 0.6) is 0 Å². The van der Waals surface area contributed by atoms with E-state index < -0.39 is 0 Å². The standard InChI is InChI=1S/C14H21N3O2/c1-11-9-13(12(2)16-11)14(18)10-17(6-4-5-15)7-8-19-3/h9,16H,4,6-8,10H2,1-3H3. The summed E-state index contributed by atoms with van der Waals surface area (Å²) in [5.41, 5.74) is 2.62. The SMILES string of the molecule is COCCN(CCC#N)CC(=O)c1cc(C)[nH]c1C. The summed E-state index contributed by atoms with van der Waals surface area (Å²) < 4.78 is 5.03. The highest BCUT2D eigenvalue weighted by Crippen LogP contribution is 2.11. The smallest absolute Gasteiger partial charge is 0.178 e. The Morgan fingerprint density at radius 3 is 2.74 bits per heavy atom. The number of nitrogens with one attached hydrogen (secondary N) is 1. The molecule has 0 amide bonds. The zero-order valence-corrected chi connectivity index (χ0v) is 11.8. The maximum absolute atomic E-state index is 12.2. The van der Waals surface area contributed by atoms with Crippen LogP contribution >= 0.6 is 0 Å². The molecule has 0 atom stereocenters. The number of carbonyl (C=O) groups excluding carboxylic acids is 1. The molecule has 1 N–H and O–H groups in total. The van der Waals surface area contributed by atoms with E-state index in [1.807, 2.05) is 24.8 Å². The molecular weight excluding hydrogens is 242 g/mol. The van der Waals surface area contributed by atoms with Crippen molar-refractivity contribution in [1.29, 1.82) is 5.26 Å². The lowest BCUT2D eigenvalue weighted by Gasteiger charge is -2.19. The van der Waals surface area contributed by atoms with Crippen LogP contribution in [0.2, 0.25) is 0 Å². The summed E-state index contributed by atoms with van der Waals surface area (Å²) in [6, 6.07) is 3.97. The number of hydrogen-bond donors (Lipinski definition) is 1. The van der Waals surface area contributed by atoms with E-state index in [-0.39, 0.29) is 5.78 Å². The van der Waals surface area contributed by atoms with Crippen LogP contribution in [0.4, 0.5) is 0 Å². The fourth-order valence-corrected chi connectivity index (χ4v) is 2.00. The van der Waals surface area contributed by atoms with E-state index in [4.69, 9.17) is 10.00 Å². The minimum absolute atomic E-state index is 0.0795. The van der Waals surface area contributed by atoms with E-state index in [1.54, 1.807) is 7.11 Å². The van der Waals surface area contributed by atoms with Crippen LogP contribution in [-0.4, -0.2) is 49.0 Å². The number of methoxy groups -OCH3 is 1. The Balaban J connectivity index is 2.64. The molecular formula is C14H21N3O2. The molecule has 19 heavy (non-hydrogen) atoms. The fraction of sp³-hybridized carbons (Fsp3) is 0.571. The summed E-state index contributed by atoms with van der Waals surface area (Å²) in [6.45, 7) is 5.96. The molecule has 1 heterocycles. The van der Waals surface area contributed by atoms with Crippen molar-refractivity contribution >= 4 is 5.78 Å². The lowest BCUT2D eigenvalue weighted by Crippen LogP contribution is -2.33. The molecule has 5 heteroatoms. The third-order valence-electron chi connectivity index (χ3n) is 2.97. The quantitative estimate of drug-likeness (QED) is 0.724. The van der Waals surface area contributed by atoms with Crippen LogP contribution < -0.4 is 0 Å². The molecule has 0 saturated carbocycles. The van der Waals surface area contributed by atoms with Crippen molar-refractivity contribution in [3.8, 4) is 6.07 Å². The van der Waals surface area contributed by atoms with Crippen LogP contribution in [0.3, 0.4) is 0 Å². The Kier molecular flexibility index (Phi) is 6.26. The van der Waals surface area contributed by atoms with E-state index in [0.29, 0.717) is 32.7 Å². The Morgan fingerprint density at radius 1 is 1.47 bits per heavy atom. The number of aromatic nitrogens is 1. The second kappa shape index (κ2) is 7.72. The number of ketones is 1. The number of ether oxygens (including phenoxy) is 1. The Hall–Kier alpha value is -1.64. The van der Waals surface area contributed by atoms with Crippen LogP contribution in [0.15, 0.2) is 6.07 Å². The van der Waals surface area contributed by atoms with Gasteiger partial charge in [-0.2, -0.15) is 5.26 Å². The summed E-state index contributed by atoms with van der Waals surface area (Å²) in [5, 5.41) is 8.64. The molecule has 1 rings (SSSR count). The Labute approximate surface area is 114 Å². The van der Waals surface area contributed by atoms with E-state index in [0.717, 1.165) is 17.0 Å². The van der Waals surface area contributed by atoms with Gasteiger partial charge in [0.15, 0.2) is 5.78 Å². The Morgan fingerprint density at radius 2 is 2.21 bits per heavy atom. The van der Waals surface area contributed by atoms with Gasteiger partial charge in [0.1, 0.15) is 0 Å². The first kappa shape index (κ1) is 15.4. The first-order valence-corrected chi connectivity index (χ1v) is 6.36. The zero-order valence-electron chi connectivity index (χ0n) is 11.8. The average molecular weight is 263 g/mol. The molecule has 0 fully saturated rings. The predicted octanol–water partition coefficient (Wildman–Crippen LogP) is 1.68. The molecule has 0 aliphatic rings. The van der Waals surface area contributed by atoms with Crippen molar-refractivity contribution in [3.05, 3.63) is 23.0 Å². The van der Waals surface area contributed by atoms with Crippen molar-refractivity contribution in [2.24, 2.45) is 0 Å². The van der Waals surface area contributed by atoms with Gasteiger partial charge in [-0.1, -0.05) is 0 Å². The lowest BCUT2D eigenvalue weighted by atomic mass is 10.1. The molecule has 1 aromatic heterocycles. The first-order chi connectivity index (χ1) is 9.08. The third-order valence-corrected chi connectivity index (χ3v) is 2.97. The molecule has 0 aliphatic heterocycles. The van der Waals surface area contributed by atoms with Crippen LogP contribution in [-0.2, 0) is 4.74 Å². The van der Waals surface area contributed by atoms with E-state index in [2.05, 4.69) is 11.1 Å². The molecule has 0 aromatic carbocycles. The van der Waals surface area contributed by atoms with Crippen LogP contribution in [0, 0.1) is 25.2 Å². The van der Waals surface area contributed by atoms with Gasteiger partial charge in [-0.05, 0) is 19.9 Å². The van der Waals surface area contributed by atoms with Gasteiger partial charge in [0, 0.05) is 43.6 Å². The molecule has 0 spiro atoms. The molecule has 0 radical (unpaired) electrons. The lowest BCUT2D eigenvalue weighted by molar-refractivity contribution is 0.0898. The largest absolute Gasteiger partial charge is 0.383 e. The topological polar surface area (TPSA) is 69.1 Å². The van der Waals surface area contributed by atoms with Gasteiger partial charge < -0.3 is 9.72 Å². The monoisotopic (exact) mass is 263 g/mol. The van der Waals surface area contributed by atoms with Gasteiger partial charge in [-0.3, -0.25) is 9.69 Å². The number of nitrogens with zero attached hydrogens (tertiary/aromatic N) is 2. The van der Waals surface area contributed by atoms with Crippen LogP contribution in [0.1, 0.15) is 28.2 Å². The number of hydrogen-bond acceptors (Lipinski definition) is 4. The first-order valence-electron chi connectivity index (χ1n) is 6.36. The average Bonchev–Trinajstić information content (AvgIpc) is 2.71. The maximum atomic E-state index is 12.2. The number of Topliss-reactive ketones (excluding diaryl/α,β-unsaturated/α-hetero) is 1. The summed E-state index contributed by atoms with van der Waals surface area (Å²) in [7, 11) is 1.63. The second-order valence-corrected chi connectivity index (χ2v) is 4.59. The number of H-pyrrole nitrogens is 1.